The zero-order valence-corrected chi connectivity index (χ0v) is 18.5. The molecule has 0 saturated heterocycles. The van der Waals surface area contributed by atoms with Gasteiger partial charge in [0.25, 0.3) is 0 Å². The summed E-state index contributed by atoms with van der Waals surface area (Å²) in [5.74, 6) is -0.996. The molecule has 4 rings (SSSR count). The zero-order valence-electron chi connectivity index (χ0n) is 17.7. The first-order valence-electron chi connectivity index (χ1n) is 9.82. The fourth-order valence-electron chi connectivity index (χ4n) is 3.30. The molecule has 0 unspecified atom stereocenters. The van der Waals surface area contributed by atoms with Crippen LogP contribution in [0.3, 0.4) is 0 Å². The van der Waals surface area contributed by atoms with Crippen molar-refractivity contribution < 1.29 is 22.0 Å². The largest absolute Gasteiger partial charge is 0.424 e. The van der Waals surface area contributed by atoms with Crippen molar-refractivity contribution in [2.24, 2.45) is 0 Å². The van der Waals surface area contributed by atoms with Crippen molar-refractivity contribution in [2.45, 2.75) is 19.1 Å². The van der Waals surface area contributed by atoms with Gasteiger partial charge in [0.15, 0.2) is 0 Å². The lowest BCUT2D eigenvalue weighted by Crippen LogP contribution is -2.22. The summed E-state index contributed by atoms with van der Waals surface area (Å²) < 4.78 is 51.7. The van der Waals surface area contributed by atoms with Gasteiger partial charge in [0.1, 0.15) is 22.9 Å². The number of fused-ring (bicyclic) bond motifs is 1. The molecule has 0 bridgehead atoms. The maximum atomic E-state index is 14.9. The van der Waals surface area contributed by atoms with Crippen LogP contribution in [0.2, 0.25) is 0 Å². The number of nitrogens with one attached hydrogen (secondary N) is 1. The molecule has 1 N–H and O–H groups in total. The third-order valence-electron chi connectivity index (χ3n) is 5.06. The van der Waals surface area contributed by atoms with Gasteiger partial charge in [0.05, 0.1) is 5.69 Å². The van der Waals surface area contributed by atoms with Crippen LogP contribution in [0.25, 0.3) is 11.0 Å². The van der Waals surface area contributed by atoms with E-state index in [2.05, 4.69) is 19.7 Å². The number of sulfonamides is 1. The minimum Gasteiger partial charge on any atom is -0.424 e. The minimum atomic E-state index is -3.71. The van der Waals surface area contributed by atoms with Gasteiger partial charge in [-0.3, -0.25) is 4.98 Å². The highest BCUT2D eigenvalue weighted by Crippen LogP contribution is 2.27. The Bertz CT molecular complexity index is 1490. The zero-order chi connectivity index (χ0) is 23.6. The predicted molar refractivity (Wildman–Crippen MR) is 118 cm³/mol. The third kappa shape index (κ3) is 4.89. The molecule has 0 atom stereocenters. The van der Waals surface area contributed by atoms with E-state index in [1.807, 2.05) is 0 Å². The van der Waals surface area contributed by atoms with E-state index in [-0.39, 0.29) is 29.3 Å². The maximum Gasteiger partial charge on any atom is 0.340 e. The van der Waals surface area contributed by atoms with Crippen LogP contribution in [0.15, 0.2) is 58.1 Å². The number of nitrogens with zero attached hydrogens (tertiary/aromatic N) is 3. The van der Waals surface area contributed by atoms with E-state index in [0.717, 1.165) is 0 Å². The van der Waals surface area contributed by atoms with Crippen molar-refractivity contribution in [1.82, 2.24) is 19.7 Å². The quantitative estimate of drug-likeness (QED) is 0.409. The molecule has 33 heavy (non-hydrogen) atoms. The second-order valence-electron chi connectivity index (χ2n) is 7.16. The number of hydrogen-bond donors (Lipinski definition) is 1. The second-order valence-corrected chi connectivity index (χ2v) is 9.08. The highest BCUT2D eigenvalue weighted by atomic mass is 32.2. The normalized spacial score (nSPS) is 11.6. The van der Waals surface area contributed by atoms with Gasteiger partial charge in [-0.05, 0) is 49.4 Å². The Hall–Kier alpha value is -3.70. The van der Waals surface area contributed by atoms with Crippen LogP contribution in [0.4, 0.5) is 4.39 Å². The molecule has 0 aliphatic carbocycles. The van der Waals surface area contributed by atoms with Crippen molar-refractivity contribution in [3.8, 4) is 11.8 Å². The van der Waals surface area contributed by atoms with Crippen molar-refractivity contribution in [3.05, 3.63) is 87.5 Å². The van der Waals surface area contributed by atoms with Gasteiger partial charge >= 0.3 is 11.6 Å². The number of aryl methyl sites for hydroxylation is 1. The number of aromatic nitrogens is 3. The first kappa shape index (κ1) is 22.5. The standard InChI is InChI=1S/C22H19FN4O5S/c1-13-16-5-4-15(31-22-26-7-3-8-27-22)11-19(16)32-21(28)17(13)10-14-6-9-25-18(20(14)23)12-33(29,30)24-2/h3-9,11,24H,10,12H2,1-2H3. The highest BCUT2D eigenvalue weighted by molar-refractivity contribution is 7.88. The van der Waals surface area contributed by atoms with Gasteiger partial charge in [0.2, 0.25) is 10.0 Å². The van der Waals surface area contributed by atoms with E-state index in [9.17, 15) is 17.6 Å². The van der Waals surface area contributed by atoms with Gasteiger partial charge in [-0.15, -0.1) is 0 Å². The number of benzene rings is 1. The van der Waals surface area contributed by atoms with E-state index < -0.39 is 27.2 Å². The monoisotopic (exact) mass is 470 g/mol. The molecule has 170 valence electrons. The van der Waals surface area contributed by atoms with Crippen LogP contribution in [0, 0.1) is 12.7 Å². The summed E-state index contributed by atoms with van der Waals surface area (Å²) in [5.41, 5.74) is 0.454. The summed E-state index contributed by atoms with van der Waals surface area (Å²) in [4.78, 5) is 24.5. The molecule has 0 saturated carbocycles. The van der Waals surface area contributed by atoms with E-state index in [1.54, 1.807) is 31.2 Å². The molecule has 9 nitrogen and oxygen atoms in total. The summed E-state index contributed by atoms with van der Waals surface area (Å²) in [6, 6.07) is 8.18. The van der Waals surface area contributed by atoms with Gasteiger partial charge in [-0.25, -0.2) is 32.3 Å². The van der Waals surface area contributed by atoms with E-state index in [0.29, 0.717) is 22.3 Å². The SMILES string of the molecule is CNS(=O)(=O)Cc1nccc(Cc2c(C)c3ccc(Oc4ncccn4)cc3oc2=O)c1F. The van der Waals surface area contributed by atoms with Crippen LogP contribution >= 0.6 is 0 Å². The lowest BCUT2D eigenvalue weighted by atomic mass is 9.99. The molecule has 3 aromatic heterocycles. The molecule has 0 fully saturated rings. The Kier molecular flexibility index (Phi) is 6.16. The molecule has 0 aliphatic heterocycles. The molecule has 0 spiro atoms. The van der Waals surface area contributed by atoms with Crippen LogP contribution in [0.1, 0.15) is 22.4 Å². The maximum absolute atomic E-state index is 14.9. The van der Waals surface area contributed by atoms with Gasteiger partial charge < -0.3 is 9.15 Å². The number of pyridine rings is 1. The Labute approximate surface area is 188 Å². The number of halogens is 1. The van der Waals surface area contributed by atoms with E-state index in [1.165, 1.54) is 31.7 Å². The van der Waals surface area contributed by atoms with Crippen molar-refractivity contribution in [2.75, 3.05) is 7.05 Å². The molecular weight excluding hydrogens is 451 g/mol. The predicted octanol–water partition coefficient (Wildman–Crippen LogP) is 2.86. The lowest BCUT2D eigenvalue weighted by molar-refractivity contribution is 0.440. The summed E-state index contributed by atoms with van der Waals surface area (Å²) in [5, 5.41) is 0.651. The van der Waals surface area contributed by atoms with Gasteiger partial charge in [0, 0.05) is 42.0 Å². The van der Waals surface area contributed by atoms with Crippen LogP contribution in [-0.4, -0.2) is 30.4 Å². The molecule has 3 heterocycles. The highest BCUT2D eigenvalue weighted by Gasteiger charge is 2.19. The number of ether oxygens (including phenoxy) is 1. The number of rotatable bonds is 7. The van der Waals surface area contributed by atoms with Crippen LogP contribution in [-0.2, 0) is 22.2 Å². The Balaban J connectivity index is 1.68. The average Bonchev–Trinajstić information content (AvgIpc) is 2.79. The van der Waals surface area contributed by atoms with Crippen molar-refractivity contribution >= 4 is 21.0 Å². The van der Waals surface area contributed by atoms with Crippen LogP contribution < -0.4 is 15.1 Å². The second kappa shape index (κ2) is 9.04. The van der Waals surface area contributed by atoms with E-state index in [4.69, 9.17) is 9.15 Å². The topological polar surface area (TPSA) is 124 Å². The summed E-state index contributed by atoms with van der Waals surface area (Å²) in [7, 11) is -2.47. The van der Waals surface area contributed by atoms with Crippen molar-refractivity contribution in [3.63, 3.8) is 0 Å². The Morgan fingerprint density at radius 1 is 1.12 bits per heavy atom. The molecular formula is C22H19FN4O5S. The molecule has 11 heteroatoms. The lowest BCUT2D eigenvalue weighted by Gasteiger charge is -2.11. The fraction of sp³-hybridized carbons (Fsp3) is 0.182. The third-order valence-corrected chi connectivity index (χ3v) is 6.33. The summed E-state index contributed by atoms with van der Waals surface area (Å²) in [6.45, 7) is 1.74. The minimum absolute atomic E-state index is 0.0822. The molecule has 0 amide bonds. The molecule has 4 aromatic rings. The van der Waals surface area contributed by atoms with Crippen LogP contribution in [0.5, 0.6) is 11.8 Å². The van der Waals surface area contributed by atoms with E-state index >= 15 is 0 Å². The molecule has 0 radical (unpaired) electrons. The first-order chi connectivity index (χ1) is 15.8. The van der Waals surface area contributed by atoms with Gasteiger partial charge in [-0.2, -0.15) is 0 Å². The first-order valence-corrected chi connectivity index (χ1v) is 11.5. The van der Waals surface area contributed by atoms with Crippen molar-refractivity contribution in [1.29, 1.82) is 0 Å². The summed E-state index contributed by atoms with van der Waals surface area (Å²) in [6.07, 6.45) is 4.31. The Morgan fingerprint density at radius 3 is 2.61 bits per heavy atom. The summed E-state index contributed by atoms with van der Waals surface area (Å²) >= 11 is 0. The average molecular weight is 470 g/mol. The fourth-order valence-corrected chi connectivity index (χ4v) is 4.00. The van der Waals surface area contributed by atoms with Gasteiger partial charge in [-0.1, -0.05) is 0 Å². The number of hydrogen-bond acceptors (Lipinski definition) is 8. The molecule has 1 aromatic carbocycles. The molecule has 0 aliphatic rings. The Morgan fingerprint density at radius 2 is 1.88 bits per heavy atom. The smallest absolute Gasteiger partial charge is 0.340 e.